The van der Waals surface area contributed by atoms with E-state index in [1.807, 2.05) is 32.0 Å². The Morgan fingerprint density at radius 1 is 1.19 bits per heavy atom. The number of aryl methyl sites for hydroxylation is 2. The van der Waals surface area contributed by atoms with Crippen LogP contribution in [0.2, 0.25) is 0 Å². The van der Waals surface area contributed by atoms with Crippen molar-refractivity contribution in [3.63, 3.8) is 0 Å². The normalized spacial score (nSPS) is 13.3. The summed E-state index contributed by atoms with van der Waals surface area (Å²) >= 11 is 0.874. The first-order valence-electron chi connectivity index (χ1n) is 9.46. The minimum Gasteiger partial charge on any atom is -0.489 e. The number of fused-ring (bicyclic) bond motifs is 1. The van der Waals surface area contributed by atoms with E-state index in [4.69, 9.17) is 4.74 Å². The van der Waals surface area contributed by atoms with Gasteiger partial charge in [0.2, 0.25) is 5.91 Å². The Balaban J connectivity index is 1.67. The molecule has 0 bridgehead atoms. The van der Waals surface area contributed by atoms with Crippen molar-refractivity contribution in [3.8, 4) is 5.75 Å². The Kier molecular flexibility index (Phi) is 5.32. The third-order valence-electron chi connectivity index (χ3n) is 5.26. The Hall–Kier alpha value is -3.52. The molecular formula is C23H18FNO5S. The number of carboxylic acid groups (broad SMARTS) is 1. The number of aromatic carboxylic acids is 1. The first-order chi connectivity index (χ1) is 14.8. The van der Waals surface area contributed by atoms with Crippen LogP contribution in [0.5, 0.6) is 5.75 Å². The topological polar surface area (TPSA) is 83.9 Å². The van der Waals surface area contributed by atoms with E-state index in [0.717, 1.165) is 34.1 Å². The third-order valence-corrected chi connectivity index (χ3v) is 6.27. The number of ether oxygens (including phenoxy) is 1. The highest BCUT2D eigenvalue weighted by Crippen LogP contribution is 2.34. The van der Waals surface area contributed by atoms with E-state index in [1.165, 1.54) is 17.5 Å². The number of thiophene rings is 1. The van der Waals surface area contributed by atoms with Crippen molar-refractivity contribution in [3.05, 3.63) is 80.3 Å². The van der Waals surface area contributed by atoms with E-state index >= 15 is 0 Å². The number of halogens is 1. The highest BCUT2D eigenvalue weighted by Gasteiger charge is 2.38. The van der Waals surface area contributed by atoms with Crippen molar-refractivity contribution >= 4 is 34.8 Å². The average molecular weight is 439 g/mol. The molecule has 2 amide bonds. The Morgan fingerprint density at radius 3 is 2.58 bits per heavy atom. The monoisotopic (exact) mass is 439 g/mol. The summed E-state index contributed by atoms with van der Waals surface area (Å²) in [5.41, 5.74) is 3.11. The smallest absolute Gasteiger partial charge is 0.346 e. The van der Waals surface area contributed by atoms with Crippen LogP contribution in [0.15, 0.2) is 41.8 Å². The van der Waals surface area contributed by atoms with Crippen molar-refractivity contribution in [2.45, 2.75) is 26.9 Å². The molecule has 1 aliphatic heterocycles. The fourth-order valence-electron chi connectivity index (χ4n) is 3.61. The molecule has 1 aliphatic rings. The van der Waals surface area contributed by atoms with Crippen LogP contribution >= 0.6 is 11.3 Å². The number of hydrogen-bond donors (Lipinski definition) is 1. The van der Waals surface area contributed by atoms with E-state index in [-0.39, 0.29) is 34.9 Å². The number of carbonyl (C=O) groups is 3. The van der Waals surface area contributed by atoms with Gasteiger partial charge < -0.3 is 9.84 Å². The standard InChI is InChI=1S/C23H18FNO5S/c1-12-4-3-5-13(2)16(12)10-30-15-6-7-17(24)18(9-15)25-19(26)8-14-11-31-21(23(28)29)20(14)22(25)27/h3-7,9,11H,8,10H2,1-2H3,(H,28,29). The van der Waals surface area contributed by atoms with Crippen molar-refractivity contribution in [2.24, 2.45) is 0 Å². The number of amides is 2. The van der Waals surface area contributed by atoms with Crippen LogP contribution in [-0.2, 0) is 17.8 Å². The first kappa shape index (κ1) is 20.7. The van der Waals surface area contributed by atoms with Gasteiger partial charge >= 0.3 is 5.97 Å². The van der Waals surface area contributed by atoms with Crippen LogP contribution in [0.4, 0.5) is 10.1 Å². The lowest BCUT2D eigenvalue weighted by atomic mass is 10.0. The summed E-state index contributed by atoms with van der Waals surface area (Å²) in [5.74, 6) is -3.24. The van der Waals surface area contributed by atoms with Gasteiger partial charge in [0.25, 0.3) is 5.91 Å². The van der Waals surface area contributed by atoms with Crippen LogP contribution in [0, 0.1) is 19.7 Å². The summed E-state index contributed by atoms with van der Waals surface area (Å²) in [6.07, 6.45) is -0.183. The molecule has 6 nitrogen and oxygen atoms in total. The van der Waals surface area contributed by atoms with Gasteiger partial charge in [0.1, 0.15) is 23.1 Å². The lowest BCUT2D eigenvalue weighted by molar-refractivity contribution is -0.117. The van der Waals surface area contributed by atoms with E-state index in [0.29, 0.717) is 10.5 Å². The van der Waals surface area contributed by atoms with Crippen LogP contribution < -0.4 is 9.64 Å². The summed E-state index contributed by atoms with van der Waals surface area (Å²) in [4.78, 5) is 37.6. The second-order valence-corrected chi connectivity index (χ2v) is 8.13. The molecule has 2 aromatic carbocycles. The third kappa shape index (κ3) is 3.70. The van der Waals surface area contributed by atoms with Crippen molar-refractivity contribution in [1.82, 2.24) is 0 Å². The van der Waals surface area contributed by atoms with Gasteiger partial charge in [0.15, 0.2) is 0 Å². The molecule has 1 N–H and O–H groups in total. The van der Waals surface area contributed by atoms with Gasteiger partial charge in [-0.1, -0.05) is 18.2 Å². The van der Waals surface area contributed by atoms with E-state index in [1.54, 1.807) is 0 Å². The largest absolute Gasteiger partial charge is 0.489 e. The summed E-state index contributed by atoms with van der Waals surface area (Å²) in [6.45, 7) is 4.17. The molecule has 0 fully saturated rings. The minimum atomic E-state index is -1.26. The number of hydrogen-bond acceptors (Lipinski definition) is 5. The number of imide groups is 1. The molecule has 0 spiro atoms. The van der Waals surface area contributed by atoms with Crippen molar-refractivity contribution in [1.29, 1.82) is 0 Å². The molecule has 3 aromatic rings. The van der Waals surface area contributed by atoms with Crippen LogP contribution in [0.25, 0.3) is 0 Å². The molecule has 8 heteroatoms. The maximum Gasteiger partial charge on any atom is 0.346 e. The molecule has 31 heavy (non-hydrogen) atoms. The highest BCUT2D eigenvalue weighted by atomic mass is 32.1. The summed E-state index contributed by atoms with van der Waals surface area (Å²) in [5, 5.41) is 10.8. The van der Waals surface area contributed by atoms with Crippen LogP contribution in [0.1, 0.15) is 42.3 Å². The fourth-order valence-corrected chi connectivity index (χ4v) is 4.51. The molecule has 0 radical (unpaired) electrons. The zero-order valence-corrected chi connectivity index (χ0v) is 17.6. The second-order valence-electron chi connectivity index (χ2n) is 7.25. The SMILES string of the molecule is Cc1cccc(C)c1COc1ccc(F)c(N2C(=O)Cc3csc(C(=O)O)c3C2=O)c1. The van der Waals surface area contributed by atoms with Crippen molar-refractivity contribution in [2.75, 3.05) is 4.90 Å². The average Bonchev–Trinajstić information content (AvgIpc) is 3.14. The molecular weight excluding hydrogens is 421 g/mol. The van der Waals surface area contributed by atoms with Gasteiger partial charge in [-0.15, -0.1) is 11.3 Å². The van der Waals surface area contributed by atoms with Gasteiger partial charge in [-0.25, -0.2) is 14.1 Å². The molecule has 0 saturated carbocycles. The fraction of sp³-hybridized carbons (Fsp3) is 0.174. The molecule has 4 rings (SSSR count). The Morgan fingerprint density at radius 2 is 1.90 bits per heavy atom. The molecule has 158 valence electrons. The number of benzene rings is 2. The second kappa shape index (κ2) is 7.96. The van der Waals surface area contributed by atoms with Gasteiger partial charge in [-0.3, -0.25) is 9.59 Å². The molecule has 2 heterocycles. The number of carboxylic acids is 1. The minimum absolute atomic E-state index is 0.0710. The zero-order chi connectivity index (χ0) is 22.3. The lowest BCUT2D eigenvalue weighted by Crippen LogP contribution is -2.43. The molecule has 0 unspecified atom stereocenters. The number of anilines is 1. The van der Waals surface area contributed by atoms with Crippen LogP contribution in [-0.4, -0.2) is 22.9 Å². The van der Waals surface area contributed by atoms with Gasteiger partial charge in [-0.2, -0.15) is 0 Å². The summed E-state index contributed by atoms with van der Waals surface area (Å²) < 4.78 is 20.5. The molecule has 0 aliphatic carbocycles. The maximum atomic E-state index is 14.6. The maximum absolute atomic E-state index is 14.6. The number of rotatable bonds is 5. The van der Waals surface area contributed by atoms with E-state index < -0.39 is 23.6 Å². The lowest BCUT2D eigenvalue weighted by Gasteiger charge is -2.26. The van der Waals surface area contributed by atoms with E-state index in [9.17, 15) is 23.9 Å². The molecule has 1 aromatic heterocycles. The summed E-state index contributed by atoms with van der Waals surface area (Å²) in [6, 6.07) is 9.70. The van der Waals surface area contributed by atoms with Crippen molar-refractivity contribution < 1.29 is 28.6 Å². The molecule has 0 atom stereocenters. The Labute approximate surface area is 181 Å². The number of carbonyl (C=O) groups excluding carboxylic acids is 2. The van der Waals surface area contributed by atoms with Gasteiger partial charge in [0.05, 0.1) is 17.7 Å². The highest BCUT2D eigenvalue weighted by molar-refractivity contribution is 7.12. The first-order valence-corrected chi connectivity index (χ1v) is 10.3. The number of nitrogens with zero attached hydrogens (tertiary/aromatic N) is 1. The molecule has 0 saturated heterocycles. The van der Waals surface area contributed by atoms with Gasteiger partial charge in [-0.05, 0) is 53.6 Å². The van der Waals surface area contributed by atoms with Crippen LogP contribution in [0.3, 0.4) is 0 Å². The Bertz CT molecular complexity index is 1210. The zero-order valence-electron chi connectivity index (χ0n) is 16.8. The van der Waals surface area contributed by atoms with E-state index in [2.05, 4.69) is 0 Å². The van der Waals surface area contributed by atoms with Gasteiger partial charge in [0, 0.05) is 6.07 Å². The summed E-state index contributed by atoms with van der Waals surface area (Å²) in [7, 11) is 0. The predicted octanol–water partition coefficient (Wildman–Crippen LogP) is 4.51. The quantitative estimate of drug-likeness (QED) is 0.592. The predicted molar refractivity (Wildman–Crippen MR) is 113 cm³/mol.